The normalized spacial score (nSPS) is 17.9. The lowest BCUT2D eigenvalue weighted by Crippen LogP contribution is -2.47. The van der Waals surface area contributed by atoms with E-state index in [1.54, 1.807) is 4.90 Å². The van der Waals surface area contributed by atoms with Crippen LogP contribution in [0.25, 0.3) is 0 Å². The summed E-state index contributed by atoms with van der Waals surface area (Å²) in [4.78, 5) is 14.2. The van der Waals surface area contributed by atoms with Gasteiger partial charge in [-0.3, -0.25) is 0 Å². The van der Waals surface area contributed by atoms with E-state index < -0.39 is 0 Å². The minimum absolute atomic E-state index is 0.00122. The number of hydrogen-bond acceptors (Lipinski definition) is 3. The standard InChI is InChI=1S/C17H24N2O3/c1-13(2)12-22-16-9-4-3-8-15(16)18-17(21)19-10-6-5-7-14(19)11-20/h3-4,8-9,14,20H,1,5-7,10-12H2,2H3,(H,18,21). The molecular weight excluding hydrogens is 280 g/mol. The van der Waals surface area contributed by atoms with Crippen LogP contribution in [0.1, 0.15) is 26.2 Å². The molecule has 2 N–H and O–H groups in total. The van der Waals surface area contributed by atoms with E-state index in [0.29, 0.717) is 24.6 Å². The van der Waals surface area contributed by atoms with Crippen molar-refractivity contribution >= 4 is 11.7 Å². The third-order valence-corrected chi connectivity index (χ3v) is 3.70. The second-order valence-corrected chi connectivity index (χ2v) is 5.70. The number of amides is 2. The van der Waals surface area contributed by atoms with Crippen molar-refractivity contribution in [3.63, 3.8) is 0 Å². The van der Waals surface area contributed by atoms with Gasteiger partial charge in [0.2, 0.25) is 0 Å². The van der Waals surface area contributed by atoms with Gasteiger partial charge in [0.15, 0.2) is 0 Å². The van der Waals surface area contributed by atoms with Gasteiger partial charge in [-0.1, -0.05) is 18.7 Å². The number of piperidine rings is 1. The minimum Gasteiger partial charge on any atom is -0.487 e. The lowest BCUT2D eigenvalue weighted by Gasteiger charge is -2.34. The van der Waals surface area contributed by atoms with Crippen molar-refractivity contribution in [2.75, 3.05) is 25.1 Å². The fraction of sp³-hybridized carbons (Fsp3) is 0.471. The molecule has 1 fully saturated rings. The van der Waals surface area contributed by atoms with E-state index in [9.17, 15) is 9.90 Å². The second-order valence-electron chi connectivity index (χ2n) is 5.70. The Labute approximate surface area is 131 Å². The van der Waals surface area contributed by atoms with Gasteiger partial charge in [0.05, 0.1) is 18.3 Å². The summed E-state index contributed by atoms with van der Waals surface area (Å²) in [7, 11) is 0. The fourth-order valence-electron chi connectivity index (χ4n) is 2.54. The summed E-state index contributed by atoms with van der Waals surface area (Å²) in [5, 5.41) is 12.3. The summed E-state index contributed by atoms with van der Waals surface area (Å²) in [6.07, 6.45) is 2.86. The molecule has 22 heavy (non-hydrogen) atoms. The first-order valence-electron chi connectivity index (χ1n) is 7.66. The highest BCUT2D eigenvalue weighted by Gasteiger charge is 2.26. The van der Waals surface area contributed by atoms with Crippen molar-refractivity contribution in [3.05, 3.63) is 36.4 Å². The number of ether oxygens (including phenoxy) is 1. The molecule has 1 aromatic rings. The number of urea groups is 1. The van der Waals surface area contributed by atoms with E-state index in [1.807, 2.05) is 31.2 Å². The molecule has 2 amide bonds. The quantitative estimate of drug-likeness (QED) is 0.822. The average molecular weight is 304 g/mol. The summed E-state index contributed by atoms with van der Waals surface area (Å²) in [6, 6.07) is 7.05. The molecular formula is C17H24N2O3. The van der Waals surface area contributed by atoms with Crippen LogP contribution < -0.4 is 10.1 Å². The second kappa shape index (κ2) is 7.84. The maximum absolute atomic E-state index is 12.5. The third kappa shape index (κ3) is 4.24. The molecule has 1 aliphatic heterocycles. The van der Waals surface area contributed by atoms with Crippen molar-refractivity contribution in [2.45, 2.75) is 32.2 Å². The average Bonchev–Trinajstić information content (AvgIpc) is 2.53. The number of aliphatic hydroxyl groups is 1. The Balaban J connectivity index is 2.05. The Kier molecular flexibility index (Phi) is 5.83. The smallest absolute Gasteiger partial charge is 0.322 e. The van der Waals surface area contributed by atoms with E-state index in [2.05, 4.69) is 11.9 Å². The number of carbonyl (C=O) groups is 1. The maximum Gasteiger partial charge on any atom is 0.322 e. The van der Waals surface area contributed by atoms with Crippen LogP contribution in [0.15, 0.2) is 36.4 Å². The van der Waals surface area contributed by atoms with Gasteiger partial charge >= 0.3 is 6.03 Å². The van der Waals surface area contributed by atoms with Gasteiger partial charge in [0, 0.05) is 6.54 Å². The lowest BCUT2D eigenvalue weighted by molar-refractivity contribution is 0.115. The minimum atomic E-state index is -0.190. The molecule has 2 rings (SSSR count). The molecule has 1 saturated heterocycles. The molecule has 0 saturated carbocycles. The van der Waals surface area contributed by atoms with E-state index in [0.717, 1.165) is 24.8 Å². The summed E-state index contributed by atoms with van der Waals surface area (Å²) < 4.78 is 5.66. The number of aliphatic hydroxyl groups excluding tert-OH is 1. The molecule has 0 aliphatic carbocycles. The molecule has 1 heterocycles. The number of hydrogen-bond donors (Lipinski definition) is 2. The molecule has 1 atom stereocenters. The van der Waals surface area contributed by atoms with E-state index in [1.165, 1.54) is 0 Å². The van der Waals surface area contributed by atoms with Crippen LogP contribution in [0.3, 0.4) is 0 Å². The number of para-hydroxylation sites is 2. The molecule has 1 aromatic carbocycles. The number of benzene rings is 1. The van der Waals surface area contributed by atoms with Gasteiger partial charge < -0.3 is 20.1 Å². The highest BCUT2D eigenvalue weighted by atomic mass is 16.5. The van der Waals surface area contributed by atoms with Gasteiger partial charge in [-0.25, -0.2) is 4.79 Å². The first-order chi connectivity index (χ1) is 10.6. The van der Waals surface area contributed by atoms with E-state index >= 15 is 0 Å². The molecule has 0 spiro atoms. The third-order valence-electron chi connectivity index (χ3n) is 3.70. The molecule has 1 aliphatic rings. The largest absolute Gasteiger partial charge is 0.487 e. The zero-order chi connectivity index (χ0) is 15.9. The van der Waals surface area contributed by atoms with Gasteiger partial charge in [-0.05, 0) is 43.9 Å². The predicted octanol–water partition coefficient (Wildman–Crippen LogP) is 3.02. The lowest BCUT2D eigenvalue weighted by atomic mass is 10.0. The van der Waals surface area contributed by atoms with Gasteiger partial charge in [0.25, 0.3) is 0 Å². The number of rotatable bonds is 5. The molecule has 5 nitrogen and oxygen atoms in total. The highest BCUT2D eigenvalue weighted by Crippen LogP contribution is 2.25. The SMILES string of the molecule is C=C(C)COc1ccccc1NC(=O)N1CCCCC1CO. The van der Waals surface area contributed by atoms with Crippen molar-refractivity contribution in [1.82, 2.24) is 4.90 Å². The van der Waals surface area contributed by atoms with Gasteiger partial charge in [-0.15, -0.1) is 0 Å². The summed E-state index contributed by atoms with van der Waals surface area (Å²) in [6.45, 7) is 6.78. The summed E-state index contributed by atoms with van der Waals surface area (Å²) >= 11 is 0. The number of anilines is 1. The fourth-order valence-corrected chi connectivity index (χ4v) is 2.54. The van der Waals surface area contributed by atoms with Gasteiger partial charge in [-0.2, -0.15) is 0 Å². The highest BCUT2D eigenvalue weighted by molar-refractivity contribution is 5.91. The van der Waals surface area contributed by atoms with E-state index in [4.69, 9.17) is 4.74 Å². The molecule has 1 unspecified atom stereocenters. The zero-order valence-corrected chi connectivity index (χ0v) is 13.0. The molecule has 0 radical (unpaired) electrons. The number of nitrogens with zero attached hydrogens (tertiary/aromatic N) is 1. The Hall–Kier alpha value is -2.01. The number of likely N-dealkylation sites (tertiary alicyclic amines) is 1. The predicted molar refractivity (Wildman–Crippen MR) is 87.2 cm³/mol. The van der Waals surface area contributed by atoms with Crippen LogP contribution >= 0.6 is 0 Å². The van der Waals surface area contributed by atoms with Crippen molar-refractivity contribution in [1.29, 1.82) is 0 Å². The van der Waals surface area contributed by atoms with Crippen molar-refractivity contribution < 1.29 is 14.6 Å². The topological polar surface area (TPSA) is 61.8 Å². The van der Waals surface area contributed by atoms with Crippen LogP contribution in [0.2, 0.25) is 0 Å². The Morgan fingerprint density at radius 1 is 1.45 bits per heavy atom. The van der Waals surface area contributed by atoms with Crippen LogP contribution in [0.5, 0.6) is 5.75 Å². The molecule has 120 valence electrons. The van der Waals surface area contributed by atoms with Crippen molar-refractivity contribution in [2.24, 2.45) is 0 Å². The molecule has 5 heteroatoms. The first-order valence-corrected chi connectivity index (χ1v) is 7.66. The number of carbonyl (C=O) groups excluding carboxylic acids is 1. The monoisotopic (exact) mass is 304 g/mol. The Morgan fingerprint density at radius 2 is 2.23 bits per heavy atom. The van der Waals surface area contributed by atoms with E-state index in [-0.39, 0.29) is 18.7 Å². The van der Waals surface area contributed by atoms with Crippen LogP contribution in [-0.2, 0) is 0 Å². The van der Waals surface area contributed by atoms with Crippen LogP contribution in [0.4, 0.5) is 10.5 Å². The maximum atomic E-state index is 12.5. The van der Waals surface area contributed by atoms with Crippen LogP contribution in [0, 0.1) is 0 Å². The van der Waals surface area contributed by atoms with Gasteiger partial charge in [0.1, 0.15) is 12.4 Å². The van der Waals surface area contributed by atoms with Crippen molar-refractivity contribution in [3.8, 4) is 5.75 Å². The Bertz CT molecular complexity index is 530. The zero-order valence-electron chi connectivity index (χ0n) is 13.0. The Morgan fingerprint density at radius 3 is 2.95 bits per heavy atom. The van der Waals surface area contributed by atoms with Crippen LogP contribution in [-0.4, -0.2) is 41.8 Å². The molecule has 0 aromatic heterocycles. The summed E-state index contributed by atoms with van der Waals surface area (Å²) in [5.74, 6) is 0.622. The number of nitrogens with one attached hydrogen (secondary N) is 1. The summed E-state index contributed by atoms with van der Waals surface area (Å²) in [5.41, 5.74) is 1.55. The first kappa shape index (κ1) is 16.4. The molecule has 0 bridgehead atoms.